The van der Waals surface area contributed by atoms with E-state index < -0.39 is 11.7 Å². The number of alkyl halides is 3. The van der Waals surface area contributed by atoms with Gasteiger partial charge in [-0.1, -0.05) is 18.2 Å². The van der Waals surface area contributed by atoms with Crippen LogP contribution in [-0.2, 0) is 21.1 Å². The van der Waals surface area contributed by atoms with Crippen molar-refractivity contribution in [3.05, 3.63) is 35.4 Å². The number of halogens is 4. The van der Waals surface area contributed by atoms with Gasteiger partial charge in [0.05, 0.1) is 24.8 Å². The monoisotopic (exact) mass is 541 g/mol. The van der Waals surface area contributed by atoms with Crippen LogP contribution in [0.3, 0.4) is 0 Å². The molecule has 2 fully saturated rings. The standard InChI is InChI=1S/C21H30F3N3O2.HI/c1-2-25-19(26-10-4-11-29-18-7-12-28-14-18)27-15-20(8-9-20)16-5-3-6-17(13-16)21(22,23)24;/h3,5-6,13,18H,2,4,7-12,14-15H2,1H3,(H2,25,26,27);1H. The number of ether oxygens (including phenoxy) is 2. The third-order valence-corrected chi connectivity index (χ3v) is 5.39. The fourth-order valence-corrected chi connectivity index (χ4v) is 3.46. The maximum atomic E-state index is 13.0. The second-order valence-corrected chi connectivity index (χ2v) is 7.69. The molecule has 2 aliphatic rings. The Labute approximate surface area is 193 Å². The number of aliphatic imine (C=N–C) groups is 1. The minimum Gasteiger partial charge on any atom is -0.379 e. The Hall–Kier alpha value is -1.07. The van der Waals surface area contributed by atoms with Crippen LogP contribution in [0.2, 0.25) is 0 Å². The molecule has 3 rings (SSSR count). The lowest BCUT2D eigenvalue weighted by Crippen LogP contribution is -2.38. The first-order chi connectivity index (χ1) is 13.9. The number of hydrogen-bond donors (Lipinski definition) is 2. The van der Waals surface area contributed by atoms with Crippen molar-refractivity contribution in [2.24, 2.45) is 4.99 Å². The molecule has 1 saturated carbocycles. The van der Waals surface area contributed by atoms with Crippen LogP contribution in [0.1, 0.15) is 43.7 Å². The minimum atomic E-state index is -4.32. The number of benzene rings is 1. The van der Waals surface area contributed by atoms with Crippen LogP contribution in [0.5, 0.6) is 0 Å². The highest BCUT2D eigenvalue weighted by atomic mass is 127. The molecule has 30 heavy (non-hydrogen) atoms. The van der Waals surface area contributed by atoms with Crippen LogP contribution in [0.25, 0.3) is 0 Å². The van der Waals surface area contributed by atoms with Crippen molar-refractivity contribution >= 4 is 29.9 Å². The Morgan fingerprint density at radius 2 is 2.10 bits per heavy atom. The molecule has 0 radical (unpaired) electrons. The lowest BCUT2D eigenvalue weighted by Gasteiger charge is -2.17. The van der Waals surface area contributed by atoms with Gasteiger partial charge in [-0.2, -0.15) is 13.2 Å². The SMILES string of the molecule is CCNC(=NCC1(c2cccc(C(F)(F)F)c2)CC1)NCCCOC1CCOC1.I. The predicted octanol–water partition coefficient (Wildman–Crippen LogP) is 4.11. The lowest BCUT2D eigenvalue weighted by molar-refractivity contribution is -0.137. The number of rotatable bonds is 9. The van der Waals surface area contributed by atoms with E-state index in [9.17, 15) is 13.2 Å². The van der Waals surface area contributed by atoms with Gasteiger partial charge >= 0.3 is 6.18 Å². The van der Waals surface area contributed by atoms with Crippen LogP contribution < -0.4 is 10.6 Å². The highest BCUT2D eigenvalue weighted by molar-refractivity contribution is 14.0. The predicted molar refractivity (Wildman–Crippen MR) is 122 cm³/mol. The molecule has 0 aromatic heterocycles. The molecule has 1 aliphatic carbocycles. The van der Waals surface area contributed by atoms with Gasteiger partial charge in [-0.05, 0) is 44.2 Å². The summed E-state index contributed by atoms with van der Waals surface area (Å²) in [4.78, 5) is 4.64. The Morgan fingerprint density at radius 1 is 1.30 bits per heavy atom. The third-order valence-electron chi connectivity index (χ3n) is 5.39. The van der Waals surface area contributed by atoms with Crippen molar-refractivity contribution in [2.75, 3.05) is 39.5 Å². The summed E-state index contributed by atoms with van der Waals surface area (Å²) in [5.41, 5.74) is -0.156. The Morgan fingerprint density at radius 3 is 2.73 bits per heavy atom. The van der Waals surface area contributed by atoms with Crippen LogP contribution in [0.4, 0.5) is 13.2 Å². The summed E-state index contributed by atoms with van der Waals surface area (Å²) in [6.07, 6.45) is -0.602. The Kier molecular flexibility index (Phi) is 9.67. The van der Waals surface area contributed by atoms with Crippen molar-refractivity contribution in [2.45, 2.75) is 50.3 Å². The molecule has 1 atom stereocenters. The van der Waals surface area contributed by atoms with Gasteiger partial charge in [0.15, 0.2) is 5.96 Å². The average molecular weight is 541 g/mol. The van der Waals surface area contributed by atoms with E-state index in [1.54, 1.807) is 6.07 Å². The number of guanidine groups is 1. The molecule has 0 spiro atoms. The molecule has 1 aliphatic heterocycles. The topological polar surface area (TPSA) is 54.9 Å². The molecule has 1 heterocycles. The van der Waals surface area contributed by atoms with Gasteiger partial charge in [-0.3, -0.25) is 4.99 Å². The summed E-state index contributed by atoms with van der Waals surface area (Å²) in [6.45, 7) is 6.01. The molecule has 0 amide bonds. The fraction of sp³-hybridized carbons (Fsp3) is 0.667. The van der Waals surface area contributed by atoms with Gasteiger partial charge in [-0.15, -0.1) is 24.0 Å². The second-order valence-electron chi connectivity index (χ2n) is 7.69. The van der Waals surface area contributed by atoms with Crippen LogP contribution in [0.15, 0.2) is 29.3 Å². The average Bonchev–Trinajstić information content (AvgIpc) is 3.31. The summed E-state index contributed by atoms with van der Waals surface area (Å²) in [7, 11) is 0. The van der Waals surface area contributed by atoms with E-state index in [2.05, 4.69) is 15.6 Å². The summed E-state index contributed by atoms with van der Waals surface area (Å²) in [6, 6.07) is 5.66. The van der Waals surface area contributed by atoms with E-state index in [4.69, 9.17) is 9.47 Å². The lowest BCUT2D eigenvalue weighted by atomic mass is 9.94. The van der Waals surface area contributed by atoms with Crippen molar-refractivity contribution in [3.8, 4) is 0 Å². The largest absolute Gasteiger partial charge is 0.416 e. The Bertz CT molecular complexity index is 690. The molecular weight excluding hydrogens is 510 g/mol. The highest BCUT2D eigenvalue weighted by Gasteiger charge is 2.45. The second kappa shape index (κ2) is 11.5. The first-order valence-corrected chi connectivity index (χ1v) is 10.3. The smallest absolute Gasteiger partial charge is 0.379 e. The van der Waals surface area contributed by atoms with Crippen molar-refractivity contribution < 1.29 is 22.6 Å². The fourth-order valence-electron chi connectivity index (χ4n) is 3.46. The van der Waals surface area contributed by atoms with Crippen LogP contribution >= 0.6 is 24.0 Å². The van der Waals surface area contributed by atoms with E-state index >= 15 is 0 Å². The van der Waals surface area contributed by atoms with Gasteiger partial charge in [0.2, 0.25) is 0 Å². The van der Waals surface area contributed by atoms with Gasteiger partial charge in [0, 0.05) is 31.7 Å². The summed E-state index contributed by atoms with van der Waals surface area (Å²) in [5.74, 6) is 0.690. The normalized spacial score (nSPS) is 20.5. The molecule has 1 aromatic carbocycles. The molecule has 170 valence electrons. The molecule has 5 nitrogen and oxygen atoms in total. The molecule has 2 N–H and O–H groups in total. The minimum absolute atomic E-state index is 0. The molecule has 1 aromatic rings. The van der Waals surface area contributed by atoms with E-state index in [0.717, 1.165) is 57.0 Å². The zero-order valence-corrected chi connectivity index (χ0v) is 19.6. The number of nitrogens with one attached hydrogen (secondary N) is 2. The number of nitrogens with zero attached hydrogens (tertiary/aromatic N) is 1. The summed E-state index contributed by atoms with van der Waals surface area (Å²) in [5, 5.41) is 6.48. The van der Waals surface area contributed by atoms with Crippen molar-refractivity contribution in [1.29, 1.82) is 0 Å². The van der Waals surface area contributed by atoms with Gasteiger partial charge in [0.1, 0.15) is 0 Å². The van der Waals surface area contributed by atoms with E-state index in [0.29, 0.717) is 25.7 Å². The van der Waals surface area contributed by atoms with Gasteiger partial charge < -0.3 is 20.1 Å². The molecular formula is C21H31F3IN3O2. The van der Waals surface area contributed by atoms with E-state index in [1.165, 1.54) is 12.1 Å². The van der Waals surface area contributed by atoms with Crippen LogP contribution in [0, 0.1) is 0 Å². The molecule has 1 unspecified atom stereocenters. The molecule has 0 bridgehead atoms. The van der Waals surface area contributed by atoms with Crippen LogP contribution in [-0.4, -0.2) is 51.5 Å². The van der Waals surface area contributed by atoms with Crippen molar-refractivity contribution in [1.82, 2.24) is 10.6 Å². The first kappa shape index (κ1) is 25.2. The quantitative estimate of drug-likeness (QED) is 0.214. The maximum absolute atomic E-state index is 13.0. The van der Waals surface area contributed by atoms with E-state index in [1.807, 2.05) is 6.92 Å². The molecule has 1 saturated heterocycles. The maximum Gasteiger partial charge on any atom is 0.416 e. The zero-order chi connectivity index (χ0) is 20.7. The first-order valence-electron chi connectivity index (χ1n) is 10.3. The summed E-state index contributed by atoms with van der Waals surface area (Å²) >= 11 is 0. The highest BCUT2D eigenvalue weighted by Crippen LogP contribution is 2.49. The zero-order valence-electron chi connectivity index (χ0n) is 17.3. The molecule has 9 heteroatoms. The Balaban J connectivity index is 0.00000320. The van der Waals surface area contributed by atoms with Crippen molar-refractivity contribution in [3.63, 3.8) is 0 Å². The van der Waals surface area contributed by atoms with Gasteiger partial charge in [-0.25, -0.2) is 0 Å². The number of hydrogen-bond acceptors (Lipinski definition) is 3. The van der Waals surface area contributed by atoms with Gasteiger partial charge in [0.25, 0.3) is 0 Å². The van der Waals surface area contributed by atoms with E-state index in [-0.39, 0.29) is 35.5 Å². The third kappa shape index (κ3) is 7.26. The summed E-state index contributed by atoms with van der Waals surface area (Å²) < 4.78 is 50.1.